The predicted molar refractivity (Wildman–Crippen MR) is 170 cm³/mol. The fraction of sp³-hybridized carbons (Fsp3) is 0.914. The van der Waals surface area contributed by atoms with Crippen LogP contribution >= 0.6 is 0 Å². The number of hydrogen-bond acceptors (Lipinski definition) is 3. The van der Waals surface area contributed by atoms with E-state index in [0.717, 1.165) is 25.7 Å². The van der Waals surface area contributed by atoms with Crippen LogP contribution in [0.15, 0.2) is 12.2 Å². The SMILES string of the molecule is CCCCCCCCCCCC/C=C/C(O)C(CO)NC(=O)CCCCCCCCCCCCCCCCC. The van der Waals surface area contributed by atoms with E-state index in [4.69, 9.17) is 0 Å². The Morgan fingerprint density at radius 1 is 0.590 bits per heavy atom. The first-order valence-corrected chi connectivity index (χ1v) is 17.4. The minimum absolute atomic E-state index is 0.0640. The minimum Gasteiger partial charge on any atom is -0.394 e. The van der Waals surface area contributed by atoms with Gasteiger partial charge in [-0.3, -0.25) is 4.79 Å². The van der Waals surface area contributed by atoms with Crippen LogP contribution in [0.25, 0.3) is 0 Å². The molecule has 2 unspecified atom stereocenters. The third kappa shape index (κ3) is 28.5. The van der Waals surface area contributed by atoms with Crippen molar-refractivity contribution in [3.8, 4) is 0 Å². The van der Waals surface area contributed by atoms with E-state index in [1.165, 1.54) is 141 Å². The summed E-state index contributed by atoms with van der Waals surface area (Å²) in [6, 6.07) is -0.613. The lowest BCUT2D eigenvalue weighted by Gasteiger charge is -2.20. The van der Waals surface area contributed by atoms with Crippen molar-refractivity contribution in [3.05, 3.63) is 12.2 Å². The normalized spacial score (nSPS) is 13.2. The summed E-state index contributed by atoms with van der Waals surface area (Å²) in [5, 5.41) is 22.8. The Bertz CT molecular complexity index is 522. The molecule has 4 heteroatoms. The van der Waals surface area contributed by atoms with E-state index in [1.807, 2.05) is 6.08 Å². The third-order valence-corrected chi connectivity index (χ3v) is 8.02. The molecule has 0 heterocycles. The number of aliphatic hydroxyl groups is 2. The van der Waals surface area contributed by atoms with E-state index < -0.39 is 12.1 Å². The highest BCUT2D eigenvalue weighted by molar-refractivity contribution is 5.76. The molecule has 0 bridgehead atoms. The van der Waals surface area contributed by atoms with E-state index in [2.05, 4.69) is 19.2 Å². The summed E-state index contributed by atoms with van der Waals surface area (Å²) in [4.78, 5) is 12.3. The molecule has 0 saturated carbocycles. The van der Waals surface area contributed by atoms with Gasteiger partial charge in [0.2, 0.25) is 5.91 Å². The molecule has 0 rings (SSSR count). The maximum Gasteiger partial charge on any atom is 0.220 e. The molecule has 1 amide bonds. The van der Waals surface area contributed by atoms with Crippen LogP contribution in [0, 0.1) is 0 Å². The molecule has 0 saturated heterocycles. The maximum atomic E-state index is 12.3. The summed E-state index contributed by atoms with van der Waals surface area (Å²) in [5.41, 5.74) is 0. The molecule has 0 aliphatic heterocycles. The molecule has 0 fully saturated rings. The lowest BCUT2D eigenvalue weighted by Crippen LogP contribution is -2.45. The van der Waals surface area contributed by atoms with Gasteiger partial charge in [0.1, 0.15) is 0 Å². The van der Waals surface area contributed by atoms with Crippen molar-refractivity contribution in [2.45, 2.75) is 199 Å². The largest absolute Gasteiger partial charge is 0.394 e. The van der Waals surface area contributed by atoms with E-state index in [-0.39, 0.29) is 12.5 Å². The Kier molecular flexibility index (Phi) is 30.9. The van der Waals surface area contributed by atoms with Crippen LogP contribution in [-0.4, -0.2) is 34.9 Å². The Morgan fingerprint density at radius 3 is 1.33 bits per heavy atom. The first kappa shape index (κ1) is 38.1. The summed E-state index contributed by atoms with van der Waals surface area (Å²) >= 11 is 0. The van der Waals surface area contributed by atoms with Gasteiger partial charge in [0.25, 0.3) is 0 Å². The van der Waals surface area contributed by atoms with Crippen molar-refractivity contribution in [1.82, 2.24) is 5.32 Å². The molecule has 0 spiro atoms. The molecule has 3 N–H and O–H groups in total. The van der Waals surface area contributed by atoms with Gasteiger partial charge in [-0.1, -0.05) is 174 Å². The zero-order chi connectivity index (χ0) is 28.7. The molecule has 232 valence electrons. The van der Waals surface area contributed by atoms with Crippen LogP contribution in [0.4, 0.5) is 0 Å². The van der Waals surface area contributed by atoms with E-state index >= 15 is 0 Å². The molecule has 39 heavy (non-hydrogen) atoms. The molecule has 0 aromatic carbocycles. The second-order valence-corrected chi connectivity index (χ2v) is 11.9. The van der Waals surface area contributed by atoms with Crippen LogP contribution in [0.2, 0.25) is 0 Å². The average molecular weight is 552 g/mol. The van der Waals surface area contributed by atoms with Crippen LogP contribution in [0.3, 0.4) is 0 Å². The molecule has 0 aromatic heterocycles. The van der Waals surface area contributed by atoms with Crippen molar-refractivity contribution in [2.75, 3.05) is 6.61 Å². The Labute approximate surface area is 244 Å². The Balaban J connectivity index is 3.61. The molecule has 0 radical (unpaired) electrons. The molecule has 0 aliphatic rings. The van der Waals surface area contributed by atoms with Crippen LogP contribution < -0.4 is 5.32 Å². The minimum atomic E-state index is -0.830. The zero-order valence-corrected chi connectivity index (χ0v) is 26.4. The van der Waals surface area contributed by atoms with Gasteiger partial charge < -0.3 is 15.5 Å². The average Bonchev–Trinajstić information content (AvgIpc) is 2.94. The number of carbonyl (C=O) groups excluding carboxylic acids is 1. The summed E-state index contributed by atoms with van der Waals surface area (Å²) in [5.74, 6) is -0.0640. The molecule has 0 aliphatic carbocycles. The molecule has 4 nitrogen and oxygen atoms in total. The van der Waals surface area contributed by atoms with E-state index in [9.17, 15) is 15.0 Å². The molecule has 2 atom stereocenters. The monoisotopic (exact) mass is 552 g/mol. The smallest absolute Gasteiger partial charge is 0.220 e. The fourth-order valence-electron chi connectivity index (χ4n) is 5.29. The maximum absolute atomic E-state index is 12.3. The van der Waals surface area contributed by atoms with Gasteiger partial charge in [0.05, 0.1) is 18.8 Å². The lowest BCUT2D eigenvalue weighted by molar-refractivity contribution is -0.123. The van der Waals surface area contributed by atoms with Crippen molar-refractivity contribution in [3.63, 3.8) is 0 Å². The van der Waals surface area contributed by atoms with Gasteiger partial charge in [-0.05, 0) is 19.3 Å². The van der Waals surface area contributed by atoms with Gasteiger partial charge in [-0.15, -0.1) is 0 Å². The van der Waals surface area contributed by atoms with Gasteiger partial charge in [0.15, 0.2) is 0 Å². The standard InChI is InChI=1S/C35H69NO3/c1-3-5-7-9-11-13-15-17-18-19-21-23-25-27-29-31-35(39)36-33(32-37)34(38)30-28-26-24-22-20-16-14-12-10-8-6-4-2/h28,30,33-34,37-38H,3-27,29,31-32H2,1-2H3,(H,36,39)/b30-28+. The van der Waals surface area contributed by atoms with Gasteiger partial charge in [-0.2, -0.15) is 0 Å². The van der Waals surface area contributed by atoms with E-state index in [1.54, 1.807) is 6.08 Å². The number of rotatable bonds is 31. The Morgan fingerprint density at radius 2 is 0.949 bits per heavy atom. The van der Waals surface area contributed by atoms with Crippen molar-refractivity contribution < 1.29 is 15.0 Å². The van der Waals surface area contributed by atoms with Crippen LogP contribution in [-0.2, 0) is 4.79 Å². The topological polar surface area (TPSA) is 69.6 Å². The first-order valence-electron chi connectivity index (χ1n) is 17.4. The number of unbranched alkanes of at least 4 members (excludes halogenated alkanes) is 24. The summed E-state index contributed by atoms with van der Waals surface area (Å²) in [6.45, 7) is 4.29. The van der Waals surface area contributed by atoms with Gasteiger partial charge in [0, 0.05) is 6.42 Å². The molecular weight excluding hydrogens is 482 g/mol. The van der Waals surface area contributed by atoms with Crippen molar-refractivity contribution in [2.24, 2.45) is 0 Å². The van der Waals surface area contributed by atoms with Gasteiger partial charge in [-0.25, -0.2) is 0 Å². The second-order valence-electron chi connectivity index (χ2n) is 11.9. The summed E-state index contributed by atoms with van der Waals surface area (Å²) in [6.07, 6.45) is 37.1. The molecule has 0 aromatic rings. The number of nitrogens with one attached hydrogen (secondary N) is 1. The predicted octanol–water partition coefficient (Wildman–Crippen LogP) is 9.95. The van der Waals surface area contributed by atoms with E-state index in [0.29, 0.717) is 6.42 Å². The van der Waals surface area contributed by atoms with Crippen molar-refractivity contribution in [1.29, 1.82) is 0 Å². The lowest BCUT2D eigenvalue weighted by atomic mass is 10.0. The number of hydrogen-bond donors (Lipinski definition) is 3. The first-order chi connectivity index (χ1) is 19.2. The highest BCUT2D eigenvalue weighted by Crippen LogP contribution is 2.14. The zero-order valence-electron chi connectivity index (χ0n) is 26.4. The van der Waals surface area contributed by atoms with Crippen LogP contribution in [0.5, 0.6) is 0 Å². The van der Waals surface area contributed by atoms with Gasteiger partial charge >= 0.3 is 0 Å². The number of carbonyl (C=O) groups is 1. The Hall–Kier alpha value is -0.870. The van der Waals surface area contributed by atoms with Crippen LogP contribution in [0.1, 0.15) is 187 Å². The fourth-order valence-corrected chi connectivity index (χ4v) is 5.29. The highest BCUT2D eigenvalue weighted by atomic mass is 16.3. The van der Waals surface area contributed by atoms with Crippen molar-refractivity contribution >= 4 is 5.91 Å². The quantitative estimate of drug-likeness (QED) is 0.0593. The number of aliphatic hydroxyl groups excluding tert-OH is 2. The summed E-state index contributed by atoms with van der Waals surface area (Å²) < 4.78 is 0. The number of amides is 1. The summed E-state index contributed by atoms with van der Waals surface area (Å²) in [7, 11) is 0. The second kappa shape index (κ2) is 31.7. The third-order valence-electron chi connectivity index (χ3n) is 8.02. The highest BCUT2D eigenvalue weighted by Gasteiger charge is 2.17. The number of allylic oxidation sites excluding steroid dienone is 1. The molecular formula is C35H69NO3.